The number of nitrogens with one attached hydrogen (secondary N) is 1. The molecular weight excluding hydrogens is 324 g/mol. The van der Waals surface area contributed by atoms with Gasteiger partial charge in [-0.15, -0.1) is 0 Å². The maximum absolute atomic E-state index is 12.4. The first-order chi connectivity index (χ1) is 11.8. The molecule has 25 heavy (non-hydrogen) atoms. The number of rotatable bonds is 4. The van der Waals surface area contributed by atoms with Crippen LogP contribution in [0.2, 0.25) is 0 Å². The number of carbonyl (C=O) groups is 2. The second kappa shape index (κ2) is 7.01. The van der Waals surface area contributed by atoms with Crippen LogP contribution in [0.1, 0.15) is 64.1 Å². The lowest BCUT2D eigenvalue weighted by Crippen LogP contribution is -2.46. The van der Waals surface area contributed by atoms with Crippen molar-refractivity contribution in [3.8, 4) is 0 Å². The predicted molar refractivity (Wildman–Crippen MR) is 88.7 cm³/mol. The van der Waals surface area contributed by atoms with Gasteiger partial charge in [0.05, 0.1) is 12.5 Å². The van der Waals surface area contributed by atoms with Crippen LogP contribution in [0.4, 0.5) is 4.79 Å². The fourth-order valence-electron chi connectivity index (χ4n) is 2.84. The molecule has 1 unspecified atom stereocenters. The average Bonchev–Trinajstić information content (AvgIpc) is 3.30. The topological polar surface area (TPSA) is 97.6 Å². The Kier molecular flexibility index (Phi) is 4.96. The van der Waals surface area contributed by atoms with Crippen molar-refractivity contribution in [2.24, 2.45) is 5.92 Å². The second-order valence-electron chi connectivity index (χ2n) is 7.80. The van der Waals surface area contributed by atoms with Gasteiger partial charge in [-0.1, -0.05) is 5.16 Å². The lowest BCUT2D eigenvalue weighted by molar-refractivity contribution is -0.126. The molecule has 0 radical (unpaired) electrons. The molecule has 8 nitrogen and oxygen atoms in total. The van der Waals surface area contributed by atoms with E-state index in [0.29, 0.717) is 24.9 Å². The molecule has 0 aromatic carbocycles. The molecule has 1 aromatic rings. The molecule has 2 aliphatic rings. The first-order valence-corrected chi connectivity index (χ1v) is 8.90. The minimum Gasteiger partial charge on any atom is -0.444 e. The van der Waals surface area contributed by atoms with Crippen molar-refractivity contribution in [1.82, 2.24) is 20.4 Å². The largest absolute Gasteiger partial charge is 0.444 e. The molecule has 2 amide bonds. The molecule has 1 aliphatic carbocycles. The SMILES string of the molecule is CC(C)(C)OC(=O)N1CCCC(C(=O)NCc2nc(C3CC3)no2)C1. The highest BCUT2D eigenvalue weighted by molar-refractivity contribution is 5.79. The number of aromatic nitrogens is 2. The van der Waals surface area contributed by atoms with Crippen LogP contribution in [-0.2, 0) is 16.1 Å². The second-order valence-corrected chi connectivity index (χ2v) is 7.80. The fraction of sp³-hybridized carbons (Fsp3) is 0.765. The van der Waals surface area contributed by atoms with Gasteiger partial charge in [-0.2, -0.15) is 4.98 Å². The van der Waals surface area contributed by atoms with Gasteiger partial charge in [-0.05, 0) is 46.5 Å². The molecule has 8 heteroatoms. The summed E-state index contributed by atoms with van der Waals surface area (Å²) in [6, 6.07) is 0. The molecule has 0 bridgehead atoms. The van der Waals surface area contributed by atoms with Gasteiger partial charge >= 0.3 is 6.09 Å². The van der Waals surface area contributed by atoms with Crippen molar-refractivity contribution in [3.05, 3.63) is 11.7 Å². The van der Waals surface area contributed by atoms with E-state index < -0.39 is 5.60 Å². The zero-order valence-corrected chi connectivity index (χ0v) is 15.1. The van der Waals surface area contributed by atoms with Gasteiger partial charge in [0, 0.05) is 19.0 Å². The zero-order valence-electron chi connectivity index (χ0n) is 15.1. The van der Waals surface area contributed by atoms with Crippen molar-refractivity contribution < 1.29 is 18.8 Å². The van der Waals surface area contributed by atoms with Crippen LogP contribution in [0, 0.1) is 5.92 Å². The highest BCUT2D eigenvalue weighted by atomic mass is 16.6. The van der Waals surface area contributed by atoms with Crippen molar-refractivity contribution >= 4 is 12.0 Å². The monoisotopic (exact) mass is 350 g/mol. The van der Waals surface area contributed by atoms with Crippen LogP contribution < -0.4 is 5.32 Å². The normalized spacial score (nSPS) is 21.1. The Balaban J connectivity index is 1.48. The van der Waals surface area contributed by atoms with E-state index >= 15 is 0 Å². The van der Waals surface area contributed by atoms with Crippen molar-refractivity contribution in [2.45, 2.75) is 64.5 Å². The standard InChI is InChI=1S/C17H26N4O4/c1-17(2,3)24-16(23)21-8-4-5-12(10-21)15(22)18-9-13-19-14(20-25-13)11-6-7-11/h11-12H,4-10H2,1-3H3,(H,18,22). The summed E-state index contributed by atoms with van der Waals surface area (Å²) < 4.78 is 10.5. The smallest absolute Gasteiger partial charge is 0.410 e. The summed E-state index contributed by atoms with van der Waals surface area (Å²) in [7, 11) is 0. The minimum absolute atomic E-state index is 0.0977. The molecule has 1 N–H and O–H groups in total. The Morgan fingerprint density at radius 2 is 2.08 bits per heavy atom. The third-order valence-electron chi connectivity index (χ3n) is 4.28. The van der Waals surface area contributed by atoms with Gasteiger partial charge in [0.1, 0.15) is 5.60 Å². The van der Waals surface area contributed by atoms with E-state index in [1.165, 1.54) is 0 Å². The maximum Gasteiger partial charge on any atom is 0.410 e. The average molecular weight is 350 g/mol. The van der Waals surface area contributed by atoms with Crippen LogP contribution in [0.15, 0.2) is 4.52 Å². The molecule has 3 rings (SSSR count). The van der Waals surface area contributed by atoms with Crippen LogP contribution in [0.25, 0.3) is 0 Å². The summed E-state index contributed by atoms with van der Waals surface area (Å²) >= 11 is 0. The maximum atomic E-state index is 12.4. The first kappa shape index (κ1) is 17.7. The van der Waals surface area contributed by atoms with Crippen molar-refractivity contribution in [3.63, 3.8) is 0 Å². The van der Waals surface area contributed by atoms with Gasteiger partial charge in [0.15, 0.2) is 5.82 Å². The quantitative estimate of drug-likeness (QED) is 0.894. The number of hydrogen-bond acceptors (Lipinski definition) is 6. The molecule has 1 atom stereocenters. The molecule has 1 saturated carbocycles. The molecule has 1 aliphatic heterocycles. The fourth-order valence-corrected chi connectivity index (χ4v) is 2.84. The summed E-state index contributed by atoms with van der Waals surface area (Å²) in [5.74, 6) is 1.24. The van der Waals surface area contributed by atoms with Gasteiger partial charge in [0.2, 0.25) is 11.8 Å². The number of nitrogens with zero attached hydrogens (tertiary/aromatic N) is 3. The van der Waals surface area contributed by atoms with Gasteiger partial charge < -0.3 is 19.5 Å². The van der Waals surface area contributed by atoms with E-state index in [4.69, 9.17) is 9.26 Å². The summed E-state index contributed by atoms with van der Waals surface area (Å²) in [6.07, 6.45) is 3.38. The highest BCUT2D eigenvalue weighted by Gasteiger charge is 2.32. The zero-order chi connectivity index (χ0) is 18.0. The van der Waals surface area contributed by atoms with E-state index in [9.17, 15) is 9.59 Å². The number of amides is 2. The van der Waals surface area contributed by atoms with Gasteiger partial charge in [-0.25, -0.2) is 4.79 Å². The Bertz CT molecular complexity index is 633. The number of piperidine rings is 1. The number of likely N-dealkylation sites (tertiary alicyclic amines) is 1. The molecule has 0 spiro atoms. The van der Waals surface area contributed by atoms with E-state index in [1.807, 2.05) is 20.8 Å². The van der Waals surface area contributed by atoms with E-state index in [1.54, 1.807) is 4.90 Å². The van der Waals surface area contributed by atoms with E-state index in [0.717, 1.165) is 31.5 Å². The molecular formula is C17H26N4O4. The predicted octanol–water partition coefficient (Wildman–Crippen LogP) is 2.21. The summed E-state index contributed by atoms with van der Waals surface area (Å²) in [5, 5.41) is 6.77. The lowest BCUT2D eigenvalue weighted by atomic mass is 9.97. The third kappa shape index (κ3) is 4.93. The number of ether oxygens (including phenoxy) is 1. The van der Waals surface area contributed by atoms with Crippen LogP contribution in [-0.4, -0.2) is 45.7 Å². The Labute approximate surface area is 147 Å². The number of carbonyl (C=O) groups excluding carboxylic acids is 2. The Morgan fingerprint density at radius 3 is 2.76 bits per heavy atom. The Hall–Kier alpha value is -2.12. The third-order valence-corrected chi connectivity index (χ3v) is 4.28. The molecule has 1 aromatic heterocycles. The van der Waals surface area contributed by atoms with E-state index in [-0.39, 0.29) is 24.5 Å². The number of hydrogen-bond donors (Lipinski definition) is 1. The van der Waals surface area contributed by atoms with E-state index in [2.05, 4.69) is 15.5 Å². The minimum atomic E-state index is -0.538. The lowest BCUT2D eigenvalue weighted by Gasteiger charge is -2.33. The Morgan fingerprint density at radius 1 is 1.32 bits per heavy atom. The summed E-state index contributed by atoms with van der Waals surface area (Å²) in [4.78, 5) is 30.5. The van der Waals surface area contributed by atoms with Gasteiger partial charge in [0.25, 0.3) is 0 Å². The van der Waals surface area contributed by atoms with Crippen molar-refractivity contribution in [2.75, 3.05) is 13.1 Å². The first-order valence-electron chi connectivity index (χ1n) is 8.90. The molecule has 138 valence electrons. The molecule has 1 saturated heterocycles. The highest BCUT2D eigenvalue weighted by Crippen LogP contribution is 2.38. The molecule has 2 heterocycles. The van der Waals surface area contributed by atoms with Crippen LogP contribution in [0.3, 0.4) is 0 Å². The van der Waals surface area contributed by atoms with Crippen LogP contribution in [0.5, 0.6) is 0 Å². The molecule has 2 fully saturated rings. The van der Waals surface area contributed by atoms with Gasteiger partial charge in [-0.3, -0.25) is 4.79 Å². The van der Waals surface area contributed by atoms with Crippen LogP contribution >= 0.6 is 0 Å². The van der Waals surface area contributed by atoms with Crippen molar-refractivity contribution in [1.29, 1.82) is 0 Å². The summed E-state index contributed by atoms with van der Waals surface area (Å²) in [6.45, 7) is 6.71. The summed E-state index contributed by atoms with van der Waals surface area (Å²) in [5.41, 5.74) is -0.538.